The van der Waals surface area contributed by atoms with Crippen LogP contribution in [0.4, 0.5) is 5.82 Å². The second kappa shape index (κ2) is 4.02. The van der Waals surface area contributed by atoms with Gasteiger partial charge < -0.3 is 5.73 Å². The van der Waals surface area contributed by atoms with Crippen molar-refractivity contribution in [3.8, 4) is 0 Å². The van der Waals surface area contributed by atoms with Crippen LogP contribution in [0.5, 0.6) is 0 Å². The van der Waals surface area contributed by atoms with Gasteiger partial charge in [-0.3, -0.25) is 5.10 Å². The molecule has 0 atom stereocenters. The van der Waals surface area contributed by atoms with E-state index in [1.165, 1.54) is 35.2 Å². The molecule has 2 aromatic heterocycles. The molecule has 0 saturated carbocycles. The lowest BCUT2D eigenvalue weighted by molar-refractivity contribution is 0.673. The van der Waals surface area contributed by atoms with Gasteiger partial charge in [-0.2, -0.15) is 5.10 Å². The molecule has 0 unspecified atom stereocenters. The molecule has 3 N–H and O–H groups in total. The number of H-pyrrole nitrogens is 1. The number of aromatic amines is 1. The second-order valence-corrected chi connectivity index (χ2v) is 4.81. The molecule has 3 rings (SSSR count). The molecular weight excluding hydrogens is 212 g/mol. The van der Waals surface area contributed by atoms with Crippen LogP contribution in [0.2, 0.25) is 0 Å². The van der Waals surface area contributed by atoms with E-state index in [0.717, 1.165) is 31.2 Å². The summed E-state index contributed by atoms with van der Waals surface area (Å²) in [7, 11) is 0. The van der Waals surface area contributed by atoms with E-state index >= 15 is 0 Å². The number of nitrogens with one attached hydrogen (secondary N) is 1. The Morgan fingerprint density at radius 2 is 2.12 bits per heavy atom. The average Bonchev–Trinajstić information content (AvgIpc) is 2.75. The van der Waals surface area contributed by atoms with Crippen molar-refractivity contribution in [1.29, 1.82) is 0 Å². The summed E-state index contributed by atoms with van der Waals surface area (Å²) in [6.07, 6.45) is 6.82. The zero-order valence-electron chi connectivity index (χ0n) is 10.2. The summed E-state index contributed by atoms with van der Waals surface area (Å²) in [4.78, 5) is 4.51. The highest BCUT2D eigenvalue weighted by Crippen LogP contribution is 2.31. The molecule has 4 nitrogen and oxygen atoms in total. The van der Waals surface area contributed by atoms with Crippen LogP contribution in [0.3, 0.4) is 0 Å². The van der Waals surface area contributed by atoms with Crippen molar-refractivity contribution in [1.82, 2.24) is 15.2 Å². The molecule has 17 heavy (non-hydrogen) atoms. The first-order chi connectivity index (χ1) is 8.31. The fourth-order valence-corrected chi connectivity index (χ4v) is 2.80. The highest BCUT2D eigenvalue weighted by Gasteiger charge is 2.20. The smallest absolute Gasteiger partial charge is 0.152 e. The van der Waals surface area contributed by atoms with Crippen molar-refractivity contribution in [2.24, 2.45) is 0 Å². The third-order valence-electron chi connectivity index (χ3n) is 3.58. The summed E-state index contributed by atoms with van der Waals surface area (Å²) in [5.74, 6) is 0.583. The molecule has 0 aromatic carbocycles. The van der Waals surface area contributed by atoms with Crippen LogP contribution in [0.25, 0.3) is 10.9 Å². The highest BCUT2D eigenvalue weighted by molar-refractivity contribution is 5.92. The maximum atomic E-state index is 6.00. The molecule has 1 aliphatic carbocycles. The minimum atomic E-state index is 0.583. The minimum absolute atomic E-state index is 0.583. The van der Waals surface area contributed by atoms with E-state index in [4.69, 9.17) is 5.73 Å². The molecule has 0 amide bonds. The first-order valence-electron chi connectivity index (χ1n) is 6.45. The SMILES string of the molecule is CCCc1[nH]nc2c(N)nc3c(c12)CCCC3. The molecular formula is C13H18N4. The number of aryl methyl sites for hydroxylation is 3. The zero-order valence-corrected chi connectivity index (χ0v) is 10.2. The van der Waals surface area contributed by atoms with Crippen molar-refractivity contribution in [3.05, 3.63) is 17.0 Å². The Kier molecular flexibility index (Phi) is 2.50. The van der Waals surface area contributed by atoms with Crippen molar-refractivity contribution >= 4 is 16.7 Å². The van der Waals surface area contributed by atoms with Crippen LogP contribution in [0.15, 0.2) is 0 Å². The van der Waals surface area contributed by atoms with Gasteiger partial charge in [0, 0.05) is 16.8 Å². The Morgan fingerprint density at radius 3 is 2.94 bits per heavy atom. The molecule has 4 heteroatoms. The van der Waals surface area contributed by atoms with Crippen LogP contribution in [0, 0.1) is 0 Å². The number of anilines is 1. The van der Waals surface area contributed by atoms with Crippen LogP contribution >= 0.6 is 0 Å². The number of pyridine rings is 1. The number of nitrogens with two attached hydrogens (primary N) is 1. The molecule has 0 aliphatic heterocycles. The predicted molar refractivity (Wildman–Crippen MR) is 68.9 cm³/mol. The minimum Gasteiger partial charge on any atom is -0.382 e. The Labute approximate surface area is 101 Å². The van der Waals surface area contributed by atoms with E-state index in [-0.39, 0.29) is 0 Å². The van der Waals surface area contributed by atoms with Crippen LogP contribution in [-0.4, -0.2) is 15.2 Å². The van der Waals surface area contributed by atoms with E-state index in [0.29, 0.717) is 5.82 Å². The fourth-order valence-electron chi connectivity index (χ4n) is 2.80. The van der Waals surface area contributed by atoms with Gasteiger partial charge in [0.25, 0.3) is 0 Å². The second-order valence-electron chi connectivity index (χ2n) is 4.81. The Morgan fingerprint density at radius 1 is 1.29 bits per heavy atom. The molecule has 0 fully saturated rings. The van der Waals surface area contributed by atoms with Gasteiger partial charge in [0.15, 0.2) is 5.82 Å². The highest BCUT2D eigenvalue weighted by atomic mass is 15.1. The number of rotatable bonds is 2. The number of hydrogen-bond donors (Lipinski definition) is 2. The molecule has 0 radical (unpaired) electrons. The molecule has 0 spiro atoms. The van der Waals surface area contributed by atoms with Crippen molar-refractivity contribution in [2.45, 2.75) is 45.4 Å². The Balaban J connectivity index is 2.29. The monoisotopic (exact) mass is 230 g/mol. The topological polar surface area (TPSA) is 67.6 Å². The van der Waals surface area contributed by atoms with E-state index in [2.05, 4.69) is 22.1 Å². The van der Waals surface area contributed by atoms with Crippen LogP contribution in [0.1, 0.15) is 43.1 Å². The normalized spacial score (nSPS) is 15.1. The summed E-state index contributed by atoms with van der Waals surface area (Å²) < 4.78 is 0. The van der Waals surface area contributed by atoms with E-state index in [1.807, 2.05) is 0 Å². The molecule has 1 aliphatic rings. The standard InChI is InChI=1S/C13H18N4/c1-2-5-10-11-8-6-3-4-7-9(8)15-13(14)12(11)17-16-10/h2-7H2,1H3,(H2,14,15)(H,16,17). The molecule has 90 valence electrons. The number of nitrogen functional groups attached to an aromatic ring is 1. The van der Waals surface area contributed by atoms with Gasteiger partial charge in [0.05, 0.1) is 0 Å². The summed E-state index contributed by atoms with van der Waals surface area (Å²) in [6, 6.07) is 0. The first kappa shape index (κ1) is 10.6. The summed E-state index contributed by atoms with van der Waals surface area (Å²) in [6.45, 7) is 2.18. The largest absolute Gasteiger partial charge is 0.382 e. The van der Waals surface area contributed by atoms with Crippen molar-refractivity contribution in [2.75, 3.05) is 5.73 Å². The van der Waals surface area contributed by atoms with Crippen LogP contribution < -0.4 is 5.73 Å². The fraction of sp³-hybridized carbons (Fsp3) is 0.538. The average molecular weight is 230 g/mol. The molecule has 0 bridgehead atoms. The summed E-state index contributed by atoms with van der Waals surface area (Å²) in [5.41, 5.74) is 10.7. The van der Waals surface area contributed by atoms with Gasteiger partial charge in [0.2, 0.25) is 0 Å². The van der Waals surface area contributed by atoms with Gasteiger partial charge in [-0.05, 0) is 37.7 Å². The van der Waals surface area contributed by atoms with Crippen LogP contribution in [-0.2, 0) is 19.3 Å². The number of fused-ring (bicyclic) bond motifs is 3. The number of hydrogen-bond acceptors (Lipinski definition) is 3. The van der Waals surface area contributed by atoms with Gasteiger partial charge >= 0.3 is 0 Å². The maximum absolute atomic E-state index is 6.00. The number of nitrogens with zero attached hydrogens (tertiary/aromatic N) is 2. The molecule has 2 aromatic rings. The van der Waals surface area contributed by atoms with E-state index in [1.54, 1.807) is 0 Å². The van der Waals surface area contributed by atoms with Gasteiger partial charge in [-0.25, -0.2) is 4.98 Å². The predicted octanol–water partition coefficient (Wildman–Crippen LogP) is 2.37. The molecule has 2 heterocycles. The lowest BCUT2D eigenvalue weighted by Gasteiger charge is -2.16. The zero-order chi connectivity index (χ0) is 11.8. The molecule has 0 saturated heterocycles. The first-order valence-corrected chi connectivity index (χ1v) is 6.45. The Bertz CT molecular complexity index is 556. The Hall–Kier alpha value is -1.58. The maximum Gasteiger partial charge on any atom is 0.152 e. The summed E-state index contributed by atoms with van der Waals surface area (Å²) in [5, 5.41) is 8.73. The van der Waals surface area contributed by atoms with E-state index < -0.39 is 0 Å². The van der Waals surface area contributed by atoms with E-state index in [9.17, 15) is 0 Å². The van der Waals surface area contributed by atoms with Gasteiger partial charge in [-0.15, -0.1) is 0 Å². The third-order valence-corrected chi connectivity index (χ3v) is 3.58. The third kappa shape index (κ3) is 1.59. The summed E-state index contributed by atoms with van der Waals surface area (Å²) >= 11 is 0. The van der Waals surface area contributed by atoms with Crippen molar-refractivity contribution < 1.29 is 0 Å². The quantitative estimate of drug-likeness (QED) is 0.832. The number of aromatic nitrogens is 3. The van der Waals surface area contributed by atoms with Crippen molar-refractivity contribution in [3.63, 3.8) is 0 Å². The lowest BCUT2D eigenvalue weighted by atomic mass is 9.92. The van der Waals surface area contributed by atoms with Gasteiger partial charge in [-0.1, -0.05) is 13.3 Å². The lowest BCUT2D eigenvalue weighted by Crippen LogP contribution is -2.08. The van der Waals surface area contributed by atoms with Gasteiger partial charge in [0.1, 0.15) is 5.52 Å².